The molecular weight excluding hydrogens is 185 g/mol. The summed E-state index contributed by atoms with van der Waals surface area (Å²) >= 11 is 11.3. The molecule has 1 aromatic heterocycles. The van der Waals surface area contributed by atoms with Gasteiger partial charge >= 0.3 is 0 Å². The van der Waals surface area contributed by atoms with Gasteiger partial charge in [-0.05, 0) is 18.6 Å². The van der Waals surface area contributed by atoms with E-state index in [9.17, 15) is 4.79 Å². The molecule has 0 N–H and O–H groups in total. The Kier molecular flexibility index (Phi) is 2.47. The van der Waals surface area contributed by atoms with E-state index in [-0.39, 0.29) is 5.15 Å². The molecule has 0 saturated heterocycles. The quantitative estimate of drug-likeness (QED) is 0.503. The van der Waals surface area contributed by atoms with Gasteiger partial charge in [0.2, 0.25) is 0 Å². The molecule has 11 heavy (non-hydrogen) atoms. The summed E-state index contributed by atoms with van der Waals surface area (Å²) in [7, 11) is 0. The summed E-state index contributed by atoms with van der Waals surface area (Å²) in [5.74, 6) is 0. The monoisotopic (exact) mass is 189 g/mol. The minimum absolute atomic E-state index is 0.239. The fraction of sp³-hybridized carbons (Fsp3) is 0.143. The number of halogens is 2. The van der Waals surface area contributed by atoms with Gasteiger partial charge in [-0.2, -0.15) is 0 Å². The van der Waals surface area contributed by atoms with Gasteiger partial charge in [-0.15, -0.1) is 0 Å². The van der Waals surface area contributed by atoms with Crippen LogP contribution in [0, 0.1) is 6.92 Å². The average Bonchev–Trinajstić information content (AvgIpc) is 1.96. The van der Waals surface area contributed by atoms with E-state index in [2.05, 4.69) is 4.98 Å². The maximum Gasteiger partial charge on any atom is 0.168 e. The highest BCUT2D eigenvalue weighted by atomic mass is 35.5. The number of carbonyl (C=O) groups excluding carboxylic acids is 1. The van der Waals surface area contributed by atoms with Crippen molar-refractivity contribution in [2.45, 2.75) is 6.92 Å². The van der Waals surface area contributed by atoms with Crippen LogP contribution in [0.1, 0.15) is 16.1 Å². The predicted octanol–water partition coefficient (Wildman–Crippen LogP) is 2.51. The molecule has 0 aliphatic heterocycles. The topological polar surface area (TPSA) is 30.0 Å². The molecule has 0 radical (unpaired) electrons. The molecule has 1 rings (SSSR count). The lowest BCUT2D eigenvalue weighted by Crippen LogP contribution is -1.92. The van der Waals surface area contributed by atoms with Crippen molar-refractivity contribution < 1.29 is 4.79 Å². The van der Waals surface area contributed by atoms with Gasteiger partial charge in [-0.25, -0.2) is 4.98 Å². The largest absolute Gasteiger partial charge is 0.296 e. The molecule has 0 spiro atoms. The Bertz CT molecular complexity index is 299. The van der Waals surface area contributed by atoms with Crippen molar-refractivity contribution in [3.63, 3.8) is 0 Å². The number of pyridine rings is 1. The molecule has 0 aliphatic rings. The van der Waals surface area contributed by atoms with Crippen LogP contribution in [-0.4, -0.2) is 11.3 Å². The Balaban J connectivity index is 3.35. The Labute approximate surface area is 74.1 Å². The van der Waals surface area contributed by atoms with E-state index in [0.29, 0.717) is 22.6 Å². The summed E-state index contributed by atoms with van der Waals surface area (Å²) in [5, 5.41) is 0.704. The molecule has 0 atom stereocenters. The van der Waals surface area contributed by atoms with Crippen LogP contribution in [0.4, 0.5) is 0 Å². The van der Waals surface area contributed by atoms with Gasteiger partial charge in [-0.3, -0.25) is 4.79 Å². The smallest absolute Gasteiger partial charge is 0.168 e. The summed E-state index contributed by atoms with van der Waals surface area (Å²) in [4.78, 5) is 14.1. The lowest BCUT2D eigenvalue weighted by atomic mass is 10.2. The minimum Gasteiger partial charge on any atom is -0.296 e. The predicted molar refractivity (Wildman–Crippen MR) is 44.4 cm³/mol. The molecule has 0 aromatic carbocycles. The van der Waals surface area contributed by atoms with E-state index in [0.717, 1.165) is 0 Å². The van der Waals surface area contributed by atoms with E-state index in [1.165, 1.54) is 6.07 Å². The molecule has 0 aliphatic carbocycles. The average molecular weight is 190 g/mol. The van der Waals surface area contributed by atoms with Crippen molar-refractivity contribution in [1.82, 2.24) is 4.98 Å². The van der Waals surface area contributed by atoms with Gasteiger partial charge in [0.15, 0.2) is 6.29 Å². The molecule has 58 valence electrons. The molecule has 0 amide bonds. The van der Waals surface area contributed by atoms with Crippen molar-refractivity contribution in [2.24, 2.45) is 0 Å². The van der Waals surface area contributed by atoms with Crippen molar-refractivity contribution in [1.29, 1.82) is 0 Å². The lowest BCUT2D eigenvalue weighted by molar-refractivity contribution is 0.111. The standard InChI is InChI=1S/C7H5Cl2NO/c1-4-5(8)2-7(9)10-6(4)3-11/h2-3H,1H3. The first kappa shape index (κ1) is 8.50. The SMILES string of the molecule is Cc1c(Cl)cc(Cl)nc1C=O. The van der Waals surface area contributed by atoms with Crippen molar-refractivity contribution in [2.75, 3.05) is 0 Å². The zero-order chi connectivity index (χ0) is 8.43. The van der Waals surface area contributed by atoms with Gasteiger partial charge in [-0.1, -0.05) is 23.2 Å². The number of aldehydes is 1. The van der Waals surface area contributed by atoms with Gasteiger partial charge in [0.1, 0.15) is 10.8 Å². The highest BCUT2D eigenvalue weighted by molar-refractivity contribution is 6.34. The summed E-state index contributed by atoms with van der Waals surface area (Å²) in [6.07, 6.45) is 0.632. The van der Waals surface area contributed by atoms with Gasteiger partial charge in [0, 0.05) is 5.02 Å². The minimum atomic E-state index is 0.239. The third-order valence-corrected chi connectivity index (χ3v) is 1.91. The molecule has 4 heteroatoms. The second-order valence-electron chi connectivity index (χ2n) is 2.05. The Morgan fingerprint density at radius 3 is 2.73 bits per heavy atom. The fourth-order valence-corrected chi connectivity index (χ4v) is 1.14. The molecule has 0 unspecified atom stereocenters. The maximum atomic E-state index is 10.4. The van der Waals surface area contributed by atoms with Crippen molar-refractivity contribution in [3.8, 4) is 0 Å². The Morgan fingerprint density at radius 1 is 1.55 bits per heavy atom. The number of hydrogen-bond donors (Lipinski definition) is 0. The van der Waals surface area contributed by atoms with E-state index in [4.69, 9.17) is 23.2 Å². The number of aromatic nitrogens is 1. The van der Waals surface area contributed by atoms with E-state index < -0.39 is 0 Å². The molecule has 0 bridgehead atoms. The summed E-state index contributed by atoms with van der Waals surface area (Å²) < 4.78 is 0. The summed E-state index contributed by atoms with van der Waals surface area (Å²) in [6, 6.07) is 1.51. The zero-order valence-electron chi connectivity index (χ0n) is 5.77. The third-order valence-electron chi connectivity index (χ3n) is 1.33. The Hall–Kier alpha value is -0.600. The molecule has 0 saturated carbocycles. The first-order chi connectivity index (χ1) is 5.15. The van der Waals surface area contributed by atoms with E-state index in [1.807, 2.05) is 0 Å². The first-order valence-electron chi connectivity index (χ1n) is 2.93. The van der Waals surface area contributed by atoms with Gasteiger partial charge < -0.3 is 0 Å². The number of rotatable bonds is 1. The highest BCUT2D eigenvalue weighted by Crippen LogP contribution is 2.20. The van der Waals surface area contributed by atoms with Gasteiger partial charge in [0.25, 0.3) is 0 Å². The molecule has 0 fully saturated rings. The van der Waals surface area contributed by atoms with E-state index in [1.54, 1.807) is 6.92 Å². The lowest BCUT2D eigenvalue weighted by Gasteiger charge is -1.99. The van der Waals surface area contributed by atoms with Crippen LogP contribution in [-0.2, 0) is 0 Å². The third kappa shape index (κ3) is 1.70. The summed E-state index contributed by atoms with van der Waals surface area (Å²) in [6.45, 7) is 1.72. The number of nitrogens with zero attached hydrogens (tertiary/aromatic N) is 1. The fourth-order valence-electron chi connectivity index (χ4n) is 0.681. The van der Waals surface area contributed by atoms with Crippen LogP contribution in [0.15, 0.2) is 6.07 Å². The highest BCUT2D eigenvalue weighted by Gasteiger charge is 2.04. The first-order valence-corrected chi connectivity index (χ1v) is 3.68. The normalized spacial score (nSPS) is 9.73. The van der Waals surface area contributed by atoms with Crippen LogP contribution in [0.5, 0.6) is 0 Å². The van der Waals surface area contributed by atoms with Crippen LogP contribution in [0.2, 0.25) is 10.2 Å². The van der Waals surface area contributed by atoms with Gasteiger partial charge in [0.05, 0.1) is 0 Å². The van der Waals surface area contributed by atoms with E-state index >= 15 is 0 Å². The number of carbonyl (C=O) groups is 1. The molecule has 2 nitrogen and oxygen atoms in total. The number of hydrogen-bond acceptors (Lipinski definition) is 2. The second kappa shape index (κ2) is 3.20. The van der Waals surface area contributed by atoms with Crippen molar-refractivity contribution in [3.05, 3.63) is 27.5 Å². The zero-order valence-corrected chi connectivity index (χ0v) is 7.28. The maximum absolute atomic E-state index is 10.4. The molecular formula is C7H5Cl2NO. The van der Waals surface area contributed by atoms with Crippen LogP contribution in [0.3, 0.4) is 0 Å². The van der Waals surface area contributed by atoms with Crippen molar-refractivity contribution >= 4 is 29.5 Å². The van der Waals surface area contributed by atoms with Crippen LogP contribution >= 0.6 is 23.2 Å². The second-order valence-corrected chi connectivity index (χ2v) is 2.85. The van der Waals surface area contributed by atoms with Crippen LogP contribution in [0.25, 0.3) is 0 Å². The molecule has 1 heterocycles. The van der Waals surface area contributed by atoms with Crippen LogP contribution < -0.4 is 0 Å². The Morgan fingerprint density at radius 2 is 2.18 bits per heavy atom. The molecule has 1 aromatic rings. The summed E-state index contributed by atoms with van der Waals surface area (Å²) in [5.41, 5.74) is 0.952.